The van der Waals surface area contributed by atoms with Crippen LogP contribution in [0.2, 0.25) is 0 Å². The summed E-state index contributed by atoms with van der Waals surface area (Å²) in [5.41, 5.74) is 6.50. The molecule has 0 radical (unpaired) electrons. The summed E-state index contributed by atoms with van der Waals surface area (Å²) in [6, 6.07) is 5.83. The first-order valence-corrected chi connectivity index (χ1v) is 6.61. The minimum absolute atomic E-state index is 0.588. The zero-order valence-corrected chi connectivity index (χ0v) is 10.6. The smallest absolute Gasteiger partial charge is 0.162 e. The van der Waals surface area contributed by atoms with Crippen molar-refractivity contribution in [3.63, 3.8) is 0 Å². The van der Waals surface area contributed by atoms with Gasteiger partial charge in [0, 0.05) is 12.0 Å². The quantitative estimate of drug-likeness (QED) is 0.908. The van der Waals surface area contributed by atoms with Crippen molar-refractivity contribution in [2.45, 2.75) is 6.42 Å². The highest BCUT2D eigenvalue weighted by atomic mass is 32.1. The number of rotatable bonds is 3. The summed E-state index contributed by atoms with van der Waals surface area (Å²) < 4.78 is 11.0. The molecule has 1 aromatic carbocycles. The molecule has 5 nitrogen and oxygen atoms in total. The second-order valence-electron chi connectivity index (χ2n) is 3.90. The van der Waals surface area contributed by atoms with Crippen molar-refractivity contribution in [2.24, 2.45) is 5.73 Å². The third-order valence-electron chi connectivity index (χ3n) is 2.61. The fourth-order valence-corrected chi connectivity index (χ4v) is 2.62. The van der Waals surface area contributed by atoms with Crippen LogP contribution in [0.15, 0.2) is 18.2 Å². The molecule has 0 amide bonds. The third kappa shape index (κ3) is 2.16. The van der Waals surface area contributed by atoms with Crippen LogP contribution in [0, 0.1) is 0 Å². The van der Waals surface area contributed by atoms with E-state index in [2.05, 4.69) is 10.2 Å². The van der Waals surface area contributed by atoms with E-state index in [0.29, 0.717) is 19.8 Å². The van der Waals surface area contributed by atoms with Gasteiger partial charge >= 0.3 is 0 Å². The van der Waals surface area contributed by atoms with Crippen LogP contribution in [0.25, 0.3) is 10.6 Å². The van der Waals surface area contributed by atoms with Gasteiger partial charge in [-0.15, -0.1) is 10.2 Å². The molecule has 0 atom stereocenters. The number of aromatic nitrogens is 2. The molecule has 2 heterocycles. The van der Waals surface area contributed by atoms with Crippen molar-refractivity contribution in [2.75, 3.05) is 19.8 Å². The fraction of sp³-hybridized carbons (Fsp3) is 0.333. The van der Waals surface area contributed by atoms with Gasteiger partial charge in [0.05, 0.1) is 0 Å². The lowest BCUT2D eigenvalue weighted by Crippen LogP contribution is -2.15. The fourth-order valence-electron chi connectivity index (χ4n) is 1.77. The van der Waals surface area contributed by atoms with Crippen LogP contribution in [0.5, 0.6) is 11.5 Å². The van der Waals surface area contributed by atoms with Crippen molar-refractivity contribution < 1.29 is 9.47 Å². The molecule has 94 valence electrons. The Morgan fingerprint density at radius 2 is 2.00 bits per heavy atom. The zero-order valence-electron chi connectivity index (χ0n) is 9.76. The Labute approximate surface area is 109 Å². The van der Waals surface area contributed by atoms with E-state index in [1.165, 1.54) is 0 Å². The summed E-state index contributed by atoms with van der Waals surface area (Å²) in [5.74, 6) is 1.56. The molecule has 0 unspecified atom stereocenters. The normalized spacial score (nSPS) is 13.6. The maximum atomic E-state index is 5.55. The summed E-state index contributed by atoms with van der Waals surface area (Å²) in [7, 11) is 0. The van der Waals surface area contributed by atoms with Gasteiger partial charge in [-0.1, -0.05) is 11.3 Å². The predicted molar refractivity (Wildman–Crippen MR) is 69.1 cm³/mol. The molecule has 1 aliphatic heterocycles. The van der Waals surface area contributed by atoms with Gasteiger partial charge in [-0.25, -0.2) is 0 Å². The second kappa shape index (κ2) is 4.91. The Hall–Kier alpha value is -1.66. The average Bonchev–Trinajstić information content (AvgIpc) is 2.87. The monoisotopic (exact) mass is 263 g/mol. The number of hydrogen-bond donors (Lipinski definition) is 1. The highest BCUT2D eigenvalue weighted by Crippen LogP contribution is 2.35. The highest BCUT2D eigenvalue weighted by molar-refractivity contribution is 7.14. The lowest BCUT2D eigenvalue weighted by Gasteiger charge is -2.18. The summed E-state index contributed by atoms with van der Waals surface area (Å²) >= 11 is 1.56. The SMILES string of the molecule is NCCc1nnc(-c2ccc3c(c2)OCCO3)s1. The molecule has 1 aromatic heterocycles. The number of ether oxygens (including phenoxy) is 2. The first-order valence-electron chi connectivity index (χ1n) is 5.79. The van der Waals surface area contributed by atoms with Crippen molar-refractivity contribution in [1.29, 1.82) is 0 Å². The summed E-state index contributed by atoms with van der Waals surface area (Å²) in [5, 5.41) is 10.1. The number of nitrogens with two attached hydrogens (primary N) is 1. The van der Waals surface area contributed by atoms with Gasteiger partial charge in [0.25, 0.3) is 0 Å². The molecule has 0 aliphatic carbocycles. The number of hydrogen-bond acceptors (Lipinski definition) is 6. The Kier molecular flexibility index (Phi) is 3.12. The number of benzene rings is 1. The van der Waals surface area contributed by atoms with Crippen LogP contribution in [-0.2, 0) is 6.42 Å². The summed E-state index contributed by atoms with van der Waals surface area (Å²) in [6.07, 6.45) is 0.766. The minimum atomic E-state index is 0.588. The van der Waals surface area contributed by atoms with E-state index in [4.69, 9.17) is 15.2 Å². The molecule has 0 spiro atoms. The highest BCUT2D eigenvalue weighted by Gasteiger charge is 2.14. The van der Waals surface area contributed by atoms with E-state index in [1.807, 2.05) is 18.2 Å². The van der Waals surface area contributed by atoms with E-state index in [1.54, 1.807) is 11.3 Å². The molecule has 18 heavy (non-hydrogen) atoms. The molecule has 2 N–H and O–H groups in total. The standard InChI is InChI=1S/C12H13N3O2S/c13-4-3-11-14-15-12(18-11)8-1-2-9-10(7-8)17-6-5-16-9/h1-2,7H,3-6,13H2. The molecular weight excluding hydrogens is 250 g/mol. The average molecular weight is 263 g/mol. The predicted octanol–water partition coefficient (Wildman–Crippen LogP) is 1.48. The second-order valence-corrected chi connectivity index (χ2v) is 4.96. The Balaban J connectivity index is 1.91. The van der Waals surface area contributed by atoms with E-state index in [-0.39, 0.29) is 0 Å². The minimum Gasteiger partial charge on any atom is -0.486 e. The van der Waals surface area contributed by atoms with Crippen LogP contribution in [-0.4, -0.2) is 30.0 Å². The van der Waals surface area contributed by atoms with Gasteiger partial charge in [-0.2, -0.15) is 0 Å². The van der Waals surface area contributed by atoms with Gasteiger partial charge in [-0.3, -0.25) is 0 Å². The maximum Gasteiger partial charge on any atom is 0.162 e. The lowest BCUT2D eigenvalue weighted by atomic mass is 10.2. The molecule has 0 bridgehead atoms. The van der Waals surface area contributed by atoms with Crippen LogP contribution < -0.4 is 15.2 Å². The maximum absolute atomic E-state index is 5.55. The van der Waals surface area contributed by atoms with E-state index in [0.717, 1.165) is 33.5 Å². The summed E-state index contributed by atoms with van der Waals surface area (Å²) in [4.78, 5) is 0. The van der Waals surface area contributed by atoms with E-state index >= 15 is 0 Å². The first kappa shape index (κ1) is 11.4. The van der Waals surface area contributed by atoms with Crippen LogP contribution in [0.4, 0.5) is 0 Å². The summed E-state index contributed by atoms with van der Waals surface area (Å²) in [6.45, 7) is 1.78. The third-order valence-corrected chi connectivity index (χ3v) is 3.65. The Bertz CT molecular complexity index is 556. The van der Waals surface area contributed by atoms with Crippen LogP contribution in [0.1, 0.15) is 5.01 Å². The van der Waals surface area contributed by atoms with Crippen LogP contribution in [0.3, 0.4) is 0 Å². The van der Waals surface area contributed by atoms with Gasteiger partial charge in [0.2, 0.25) is 0 Å². The molecule has 2 aromatic rings. The van der Waals surface area contributed by atoms with Gasteiger partial charge in [-0.05, 0) is 24.7 Å². The lowest BCUT2D eigenvalue weighted by molar-refractivity contribution is 0.171. The zero-order chi connectivity index (χ0) is 12.4. The van der Waals surface area contributed by atoms with Crippen LogP contribution >= 0.6 is 11.3 Å². The molecule has 0 fully saturated rings. The van der Waals surface area contributed by atoms with Gasteiger partial charge < -0.3 is 15.2 Å². The van der Waals surface area contributed by atoms with Crippen molar-refractivity contribution in [1.82, 2.24) is 10.2 Å². The van der Waals surface area contributed by atoms with Crippen molar-refractivity contribution in [3.05, 3.63) is 23.2 Å². The molecule has 1 aliphatic rings. The van der Waals surface area contributed by atoms with Gasteiger partial charge in [0.1, 0.15) is 23.2 Å². The first-order chi connectivity index (χ1) is 8.86. The van der Waals surface area contributed by atoms with Crippen molar-refractivity contribution >= 4 is 11.3 Å². The molecule has 6 heteroatoms. The van der Waals surface area contributed by atoms with Gasteiger partial charge in [0.15, 0.2) is 11.5 Å². The molecule has 0 saturated carbocycles. The molecule has 0 saturated heterocycles. The molecule has 3 rings (SSSR count). The largest absolute Gasteiger partial charge is 0.486 e. The number of fused-ring (bicyclic) bond motifs is 1. The van der Waals surface area contributed by atoms with E-state index < -0.39 is 0 Å². The number of nitrogens with zero attached hydrogens (tertiary/aromatic N) is 2. The Morgan fingerprint density at radius 1 is 1.17 bits per heavy atom. The van der Waals surface area contributed by atoms with Crippen molar-refractivity contribution in [3.8, 4) is 22.1 Å². The Morgan fingerprint density at radius 3 is 2.83 bits per heavy atom. The topological polar surface area (TPSA) is 70.3 Å². The molecular formula is C12H13N3O2S. The van der Waals surface area contributed by atoms with E-state index in [9.17, 15) is 0 Å².